The average Bonchev–Trinajstić information content (AvgIpc) is 3.47. The summed E-state index contributed by atoms with van der Waals surface area (Å²) in [7, 11) is 2.16. The van der Waals surface area contributed by atoms with E-state index >= 15 is 0 Å². The van der Waals surface area contributed by atoms with Crippen LogP contribution in [0.3, 0.4) is 0 Å². The lowest BCUT2D eigenvalue weighted by Gasteiger charge is -2.31. The van der Waals surface area contributed by atoms with Crippen molar-refractivity contribution in [2.24, 2.45) is 0 Å². The molecule has 0 radical (unpaired) electrons. The Morgan fingerprint density at radius 3 is 2.60 bits per heavy atom. The van der Waals surface area contributed by atoms with E-state index in [9.17, 15) is 4.79 Å². The number of anilines is 2. The van der Waals surface area contributed by atoms with Gasteiger partial charge in [-0.3, -0.25) is 9.69 Å². The van der Waals surface area contributed by atoms with Crippen LogP contribution in [0.15, 0.2) is 78.4 Å². The molecule has 0 spiro atoms. The van der Waals surface area contributed by atoms with Crippen molar-refractivity contribution in [1.82, 2.24) is 9.27 Å². The van der Waals surface area contributed by atoms with Gasteiger partial charge < -0.3 is 24.4 Å². The third-order valence-corrected chi connectivity index (χ3v) is 10.3. The Balaban J connectivity index is 1.16. The minimum Gasteiger partial charge on any atom is -0.491 e. The molecule has 1 fully saturated rings. The molecule has 0 aliphatic carbocycles. The van der Waals surface area contributed by atoms with Crippen LogP contribution in [-0.2, 0) is 27.4 Å². The number of aromatic nitrogens is 1. The van der Waals surface area contributed by atoms with E-state index in [0.717, 1.165) is 104 Å². The summed E-state index contributed by atoms with van der Waals surface area (Å²) in [4.78, 5) is 19.7. The lowest BCUT2D eigenvalue weighted by atomic mass is 10.00. The van der Waals surface area contributed by atoms with Gasteiger partial charge in [0.1, 0.15) is 12.4 Å². The molecule has 1 aromatic heterocycles. The summed E-state index contributed by atoms with van der Waals surface area (Å²) in [5.74, 6) is 0.757. The number of carbonyl (C=O) groups excluding carboxylic acids is 1. The van der Waals surface area contributed by atoms with Crippen molar-refractivity contribution in [1.29, 1.82) is 0 Å². The van der Waals surface area contributed by atoms with E-state index in [1.54, 1.807) is 11.5 Å². The Kier molecular flexibility index (Phi) is 12.7. The summed E-state index contributed by atoms with van der Waals surface area (Å²) >= 11 is 1.54. The third-order valence-electron chi connectivity index (χ3n) is 9.39. The van der Waals surface area contributed by atoms with Gasteiger partial charge in [0.2, 0.25) is 0 Å². The number of benzene rings is 3. The molecule has 264 valence electrons. The Morgan fingerprint density at radius 1 is 1.04 bits per heavy atom. The zero-order chi connectivity index (χ0) is 34.7. The van der Waals surface area contributed by atoms with Gasteiger partial charge >= 0.3 is 0 Å². The molecule has 3 heterocycles. The van der Waals surface area contributed by atoms with Gasteiger partial charge in [0.15, 0.2) is 0 Å². The molecule has 2 aliphatic rings. The van der Waals surface area contributed by atoms with Crippen molar-refractivity contribution in [2.75, 3.05) is 56.8 Å². The molecule has 0 bridgehead atoms. The Morgan fingerprint density at radius 2 is 1.86 bits per heavy atom. The van der Waals surface area contributed by atoms with Gasteiger partial charge in [-0.2, -0.15) is 4.37 Å². The van der Waals surface area contributed by atoms with Crippen molar-refractivity contribution >= 4 is 34.9 Å². The van der Waals surface area contributed by atoms with Crippen molar-refractivity contribution in [3.05, 3.63) is 100 Å². The molecule has 50 heavy (non-hydrogen) atoms. The summed E-state index contributed by atoms with van der Waals surface area (Å²) in [6.45, 7) is 10.1. The first-order valence-corrected chi connectivity index (χ1v) is 18.7. The highest BCUT2D eigenvalue weighted by Gasteiger charge is 2.22. The van der Waals surface area contributed by atoms with Crippen LogP contribution in [0.2, 0.25) is 0 Å². The van der Waals surface area contributed by atoms with Crippen LogP contribution in [-0.4, -0.2) is 67.8 Å². The van der Waals surface area contributed by atoms with Gasteiger partial charge in [-0.05, 0) is 122 Å². The molecule has 1 N–H and O–H groups in total. The van der Waals surface area contributed by atoms with E-state index in [1.165, 1.54) is 16.9 Å². The number of ether oxygens (including phenoxy) is 3. The highest BCUT2D eigenvalue weighted by Crippen LogP contribution is 2.34. The Labute approximate surface area is 301 Å². The first kappa shape index (κ1) is 35.8. The second-order valence-corrected chi connectivity index (χ2v) is 14.2. The molecule has 3 aromatic carbocycles. The molecule has 8 nitrogen and oxygen atoms in total. The summed E-state index contributed by atoms with van der Waals surface area (Å²) in [6.07, 6.45) is 7.18. The zero-order valence-corrected chi connectivity index (χ0v) is 30.5. The number of nitrogens with one attached hydrogen (secondary N) is 1. The normalized spacial score (nSPS) is 16.1. The van der Waals surface area contributed by atoms with Gasteiger partial charge in [0, 0.05) is 54.2 Å². The predicted molar refractivity (Wildman–Crippen MR) is 204 cm³/mol. The van der Waals surface area contributed by atoms with E-state index in [2.05, 4.69) is 88.1 Å². The number of hydrogen-bond acceptors (Lipinski definition) is 8. The van der Waals surface area contributed by atoms with Crippen LogP contribution < -0.4 is 15.0 Å². The van der Waals surface area contributed by atoms with E-state index in [1.807, 2.05) is 31.2 Å². The van der Waals surface area contributed by atoms with Crippen molar-refractivity contribution in [3.8, 4) is 16.9 Å². The Hall–Kier alpha value is -4.02. The first-order chi connectivity index (χ1) is 24.4. The topological polar surface area (TPSA) is 76.2 Å². The number of hydrogen-bond donors (Lipinski definition) is 1. The molecule has 1 unspecified atom stereocenters. The lowest BCUT2D eigenvalue weighted by molar-refractivity contribution is -0.112. The molecule has 1 saturated heterocycles. The van der Waals surface area contributed by atoms with E-state index in [-0.39, 0.29) is 5.91 Å². The average molecular weight is 695 g/mol. The molecule has 9 heteroatoms. The highest BCUT2D eigenvalue weighted by molar-refractivity contribution is 7.05. The van der Waals surface area contributed by atoms with Crippen LogP contribution in [0, 0.1) is 6.92 Å². The smallest absolute Gasteiger partial charge is 0.251 e. The molecule has 1 amide bonds. The Bertz CT molecular complexity index is 1710. The number of rotatable bonds is 15. The minimum absolute atomic E-state index is 0.0683. The lowest BCUT2D eigenvalue weighted by Crippen LogP contribution is -2.37. The predicted octanol–water partition coefficient (Wildman–Crippen LogP) is 8.36. The van der Waals surface area contributed by atoms with Gasteiger partial charge in [-0.15, -0.1) is 0 Å². The molecule has 4 aromatic rings. The second-order valence-electron chi connectivity index (χ2n) is 13.3. The van der Waals surface area contributed by atoms with E-state index in [4.69, 9.17) is 14.2 Å². The number of fused-ring (bicyclic) bond motifs is 1. The summed E-state index contributed by atoms with van der Waals surface area (Å²) in [5, 5.41) is 3.18. The number of aryl methyl sites for hydroxylation is 1. The van der Waals surface area contributed by atoms with Gasteiger partial charge in [-0.25, -0.2) is 0 Å². The largest absolute Gasteiger partial charge is 0.491 e. The number of carbonyl (C=O) groups is 1. The van der Waals surface area contributed by atoms with Gasteiger partial charge in [0.25, 0.3) is 5.91 Å². The molecule has 2 aliphatic heterocycles. The molecule has 1 atom stereocenters. The monoisotopic (exact) mass is 694 g/mol. The number of nitrogens with zero attached hydrogens (tertiary/aromatic N) is 3. The maximum absolute atomic E-state index is 13.8. The summed E-state index contributed by atoms with van der Waals surface area (Å²) in [5.41, 5.74) is 8.13. The summed E-state index contributed by atoms with van der Waals surface area (Å²) in [6, 6.07) is 25.6. The zero-order valence-electron chi connectivity index (χ0n) is 29.7. The second kappa shape index (κ2) is 17.8. The van der Waals surface area contributed by atoms with Crippen molar-refractivity contribution in [2.45, 2.75) is 65.1 Å². The maximum atomic E-state index is 13.8. The SMILES string of the molecule is CCCCOCCOc1ccc(-c2ccc3c(c2)C=C(C(=O)Nc2ccc(CN(C)C4CCCOC4)cc2)CCN3Cc2cc(C)ns2)cc1. The molecular weight excluding hydrogens is 645 g/mol. The quantitative estimate of drug-likeness (QED) is 0.125. The van der Waals surface area contributed by atoms with Gasteiger partial charge in [-0.1, -0.05) is 43.7 Å². The van der Waals surface area contributed by atoms with Crippen LogP contribution in [0.25, 0.3) is 17.2 Å². The van der Waals surface area contributed by atoms with Crippen molar-refractivity contribution in [3.63, 3.8) is 0 Å². The fourth-order valence-electron chi connectivity index (χ4n) is 6.50. The van der Waals surface area contributed by atoms with Crippen molar-refractivity contribution < 1.29 is 19.0 Å². The number of likely N-dealkylation sites (N-methyl/N-ethyl adjacent to an activating group) is 1. The molecule has 6 rings (SSSR count). The van der Waals surface area contributed by atoms with Crippen LogP contribution in [0.5, 0.6) is 5.75 Å². The minimum atomic E-state index is -0.0683. The summed E-state index contributed by atoms with van der Waals surface area (Å²) < 4.78 is 21.7. The molecule has 0 saturated carbocycles. The molecular formula is C41H50N4O4S. The van der Waals surface area contributed by atoms with E-state index < -0.39 is 0 Å². The maximum Gasteiger partial charge on any atom is 0.251 e. The van der Waals surface area contributed by atoms with Crippen LogP contribution in [0.1, 0.15) is 60.7 Å². The fraction of sp³-hybridized carbons (Fsp3) is 0.415. The van der Waals surface area contributed by atoms with Crippen LogP contribution in [0.4, 0.5) is 11.4 Å². The first-order valence-electron chi connectivity index (χ1n) is 18.0. The van der Waals surface area contributed by atoms with Gasteiger partial charge in [0.05, 0.1) is 25.5 Å². The number of unbranched alkanes of at least 4 members (excludes halogenated alkanes) is 1. The number of amides is 1. The highest BCUT2D eigenvalue weighted by atomic mass is 32.1. The van der Waals surface area contributed by atoms with E-state index in [0.29, 0.717) is 25.7 Å². The van der Waals surface area contributed by atoms with Crippen LogP contribution >= 0.6 is 11.5 Å². The standard InChI is InChI=1S/C41H50N4O4S/c1-4-5-20-47-22-23-49-38-15-10-32(11-16-38)33-12-17-40-35(25-33)26-34(18-19-45(40)28-39-24-30(2)43-50-39)41(46)42-36-13-8-31(9-14-36)27-44(3)37-7-6-21-48-29-37/h8-17,24-26,37H,4-7,18-23,27-29H2,1-3H3,(H,42,46). The third kappa shape index (κ3) is 9.82. The fourth-order valence-corrected chi connectivity index (χ4v) is 7.25.